The molecule has 8 nitrogen and oxygen atoms in total. The van der Waals surface area contributed by atoms with Crippen molar-refractivity contribution < 1.29 is 24.4 Å². The van der Waals surface area contributed by atoms with Crippen molar-refractivity contribution in [2.75, 3.05) is 7.11 Å². The first-order valence-corrected chi connectivity index (χ1v) is 7.15. The first-order valence-electron chi connectivity index (χ1n) is 7.15. The number of ether oxygens (including phenoxy) is 1. The average molecular weight is 322 g/mol. The number of carboxylic acids is 1. The molecular weight excluding hydrogens is 304 g/mol. The summed E-state index contributed by atoms with van der Waals surface area (Å²) >= 11 is 0. The molecule has 1 fully saturated rings. The summed E-state index contributed by atoms with van der Waals surface area (Å²) in [5.41, 5.74) is -0.570. The summed E-state index contributed by atoms with van der Waals surface area (Å²) in [6.45, 7) is 1.54. The molecule has 2 rings (SSSR count). The van der Waals surface area contributed by atoms with Gasteiger partial charge >= 0.3 is 5.97 Å². The van der Waals surface area contributed by atoms with Crippen molar-refractivity contribution in [3.05, 3.63) is 33.4 Å². The van der Waals surface area contributed by atoms with Gasteiger partial charge in [-0.05, 0) is 32.3 Å². The minimum atomic E-state index is -0.988. The molecule has 1 aromatic carbocycles. The van der Waals surface area contributed by atoms with Gasteiger partial charge in [0, 0.05) is 11.6 Å². The second-order valence-corrected chi connectivity index (χ2v) is 5.74. The van der Waals surface area contributed by atoms with E-state index in [9.17, 15) is 19.7 Å². The first kappa shape index (κ1) is 16.7. The number of benzene rings is 1. The van der Waals surface area contributed by atoms with Gasteiger partial charge < -0.3 is 15.2 Å². The van der Waals surface area contributed by atoms with Gasteiger partial charge in [0.1, 0.15) is 5.75 Å². The maximum atomic E-state index is 12.4. The number of carbonyl (C=O) groups is 2. The van der Waals surface area contributed by atoms with Crippen LogP contribution in [0.25, 0.3) is 0 Å². The van der Waals surface area contributed by atoms with Crippen molar-refractivity contribution in [3.63, 3.8) is 0 Å². The van der Waals surface area contributed by atoms with E-state index in [0.29, 0.717) is 18.4 Å². The fourth-order valence-electron chi connectivity index (χ4n) is 2.76. The lowest BCUT2D eigenvalue weighted by Crippen LogP contribution is -2.54. The molecule has 1 aromatic rings. The van der Waals surface area contributed by atoms with Crippen LogP contribution in [0.5, 0.6) is 5.75 Å². The molecule has 0 unspecified atom stereocenters. The zero-order valence-corrected chi connectivity index (χ0v) is 12.9. The largest absolute Gasteiger partial charge is 0.496 e. The van der Waals surface area contributed by atoms with Crippen molar-refractivity contribution in [2.45, 2.75) is 38.1 Å². The number of aliphatic carboxylic acids is 1. The summed E-state index contributed by atoms with van der Waals surface area (Å²) in [4.78, 5) is 33.9. The molecule has 2 N–H and O–H groups in total. The molecule has 0 aromatic heterocycles. The number of methoxy groups -OCH3 is 1. The third kappa shape index (κ3) is 3.41. The van der Waals surface area contributed by atoms with Crippen molar-refractivity contribution in [2.24, 2.45) is 0 Å². The number of amides is 1. The van der Waals surface area contributed by atoms with Gasteiger partial charge in [0.15, 0.2) is 0 Å². The Morgan fingerprint density at radius 1 is 1.43 bits per heavy atom. The maximum absolute atomic E-state index is 12.4. The van der Waals surface area contributed by atoms with E-state index in [1.54, 1.807) is 0 Å². The summed E-state index contributed by atoms with van der Waals surface area (Å²) in [5, 5.41) is 22.8. The van der Waals surface area contributed by atoms with Crippen LogP contribution in [0.4, 0.5) is 5.69 Å². The van der Waals surface area contributed by atoms with Crippen molar-refractivity contribution >= 4 is 17.6 Å². The van der Waals surface area contributed by atoms with E-state index in [2.05, 4.69) is 5.32 Å². The van der Waals surface area contributed by atoms with E-state index >= 15 is 0 Å². The van der Waals surface area contributed by atoms with Crippen LogP contribution >= 0.6 is 0 Å². The number of nitrogens with zero attached hydrogens (tertiary/aromatic N) is 1. The molecule has 124 valence electrons. The third-order valence-electron chi connectivity index (χ3n) is 4.19. The SMILES string of the molecule is COc1cc(C(=O)NC2(CC(=O)O)CCC2)cc([N+](=O)[O-])c1C. The Hall–Kier alpha value is -2.64. The van der Waals surface area contributed by atoms with Crippen LogP contribution in [0.1, 0.15) is 41.6 Å². The van der Waals surface area contributed by atoms with Gasteiger partial charge in [-0.2, -0.15) is 0 Å². The highest BCUT2D eigenvalue weighted by atomic mass is 16.6. The molecule has 23 heavy (non-hydrogen) atoms. The summed E-state index contributed by atoms with van der Waals surface area (Å²) < 4.78 is 5.08. The van der Waals surface area contributed by atoms with Crippen LogP contribution in [-0.2, 0) is 4.79 Å². The van der Waals surface area contributed by atoms with E-state index < -0.39 is 22.3 Å². The predicted molar refractivity (Wildman–Crippen MR) is 80.7 cm³/mol. The normalized spacial score (nSPS) is 15.4. The van der Waals surface area contributed by atoms with Gasteiger partial charge in [-0.15, -0.1) is 0 Å². The molecule has 1 aliphatic carbocycles. The molecule has 0 atom stereocenters. The smallest absolute Gasteiger partial charge is 0.305 e. The maximum Gasteiger partial charge on any atom is 0.305 e. The van der Waals surface area contributed by atoms with E-state index in [-0.39, 0.29) is 23.4 Å². The average Bonchev–Trinajstić information content (AvgIpc) is 2.44. The molecule has 0 spiro atoms. The quantitative estimate of drug-likeness (QED) is 0.611. The minimum Gasteiger partial charge on any atom is -0.496 e. The minimum absolute atomic E-state index is 0.0795. The lowest BCUT2D eigenvalue weighted by molar-refractivity contribution is -0.385. The van der Waals surface area contributed by atoms with Crippen LogP contribution in [-0.4, -0.2) is 34.6 Å². The Bertz CT molecular complexity index is 666. The van der Waals surface area contributed by atoms with Crippen molar-refractivity contribution in [3.8, 4) is 5.75 Å². The Morgan fingerprint density at radius 3 is 2.52 bits per heavy atom. The number of hydrogen-bond donors (Lipinski definition) is 2. The lowest BCUT2D eigenvalue weighted by atomic mass is 9.74. The number of nitro groups is 1. The van der Waals surface area contributed by atoms with Gasteiger partial charge in [0.2, 0.25) is 0 Å². The number of nitrogens with one attached hydrogen (secondary N) is 1. The highest BCUT2D eigenvalue weighted by Crippen LogP contribution is 2.36. The fourth-order valence-corrected chi connectivity index (χ4v) is 2.76. The summed E-state index contributed by atoms with van der Waals surface area (Å²) in [6.07, 6.45) is 1.83. The standard InChI is InChI=1S/C15H18N2O6/c1-9-11(17(21)22)6-10(7-12(9)23-2)14(20)16-15(4-3-5-15)8-13(18)19/h6-7H,3-5,8H2,1-2H3,(H,16,20)(H,18,19). The number of rotatable bonds is 6. The Labute approximate surface area is 132 Å². The lowest BCUT2D eigenvalue weighted by Gasteiger charge is -2.41. The van der Waals surface area contributed by atoms with E-state index in [4.69, 9.17) is 9.84 Å². The number of carbonyl (C=O) groups excluding carboxylic acids is 1. The zero-order chi connectivity index (χ0) is 17.2. The Kier molecular flexibility index (Phi) is 4.53. The monoisotopic (exact) mass is 322 g/mol. The van der Waals surface area contributed by atoms with E-state index in [0.717, 1.165) is 6.42 Å². The molecule has 0 bridgehead atoms. The van der Waals surface area contributed by atoms with Crippen LogP contribution in [0.15, 0.2) is 12.1 Å². The number of hydrogen-bond acceptors (Lipinski definition) is 5. The summed E-state index contributed by atoms with van der Waals surface area (Å²) in [6, 6.07) is 2.60. The topological polar surface area (TPSA) is 119 Å². The highest BCUT2D eigenvalue weighted by molar-refractivity contribution is 5.96. The second-order valence-electron chi connectivity index (χ2n) is 5.74. The number of carboxylic acid groups (broad SMARTS) is 1. The van der Waals surface area contributed by atoms with Crippen LogP contribution in [0.2, 0.25) is 0 Å². The Balaban J connectivity index is 2.30. The first-order chi connectivity index (χ1) is 10.8. The van der Waals surface area contributed by atoms with Crippen LogP contribution in [0, 0.1) is 17.0 Å². The van der Waals surface area contributed by atoms with Crippen LogP contribution < -0.4 is 10.1 Å². The molecule has 1 saturated carbocycles. The van der Waals surface area contributed by atoms with E-state index in [1.807, 2.05) is 0 Å². The molecular formula is C15H18N2O6. The molecule has 0 saturated heterocycles. The fraction of sp³-hybridized carbons (Fsp3) is 0.467. The van der Waals surface area contributed by atoms with Gasteiger partial charge in [-0.3, -0.25) is 19.7 Å². The third-order valence-corrected chi connectivity index (χ3v) is 4.19. The molecule has 0 radical (unpaired) electrons. The van der Waals surface area contributed by atoms with E-state index in [1.165, 1.54) is 26.2 Å². The molecule has 0 heterocycles. The zero-order valence-electron chi connectivity index (χ0n) is 12.9. The van der Waals surface area contributed by atoms with Gasteiger partial charge in [-0.1, -0.05) is 0 Å². The highest BCUT2D eigenvalue weighted by Gasteiger charge is 2.40. The van der Waals surface area contributed by atoms with Gasteiger partial charge in [0.25, 0.3) is 11.6 Å². The van der Waals surface area contributed by atoms with Crippen LogP contribution in [0.3, 0.4) is 0 Å². The van der Waals surface area contributed by atoms with Crippen molar-refractivity contribution in [1.29, 1.82) is 0 Å². The summed E-state index contributed by atoms with van der Waals surface area (Å²) in [7, 11) is 1.37. The molecule has 0 aliphatic heterocycles. The molecule has 1 aliphatic rings. The van der Waals surface area contributed by atoms with Crippen molar-refractivity contribution in [1.82, 2.24) is 5.32 Å². The van der Waals surface area contributed by atoms with Gasteiger partial charge in [0.05, 0.1) is 29.6 Å². The second kappa shape index (κ2) is 6.23. The molecule has 1 amide bonds. The number of nitro benzene ring substituents is 1. The Morgan fingerprint density at radius 2 is 2.09 bits per heavy atom. The molecule has 8 heteroatoms. The van der Waals surface area contributed by atoms with Gasteiger partial charge in [-0.25, -0.2) is 0 Å². The summed E-state index contributed by atoms with van der Waals surface area (Å²) in [5.74, 6) is -1.28. The predicted octanol–water partition coefficient (Wildman–Crippen LogP) is 2.04.